The Bertz CT molecular complexity index is 845. The van der Waals surface area contributed by atoms with Gasteiger partial charge in [-0.2, -0.15) is 5.10 Å². The van der Waals surface area contributed by atoms with Crippen molar-refractivity contribution in [2.75, 3.05) is 13.4 Å². The van der Waals surface area contributed by atoms with Crippen molar-refractivity contribution in [2.24, 2.45) is 5.10 Å². The van der Waals surface area contributed by atoms with Gasteiger partial charge in [0.15, 0.2) is 18.1 Å². The van der Waals surface area contributed by atoms with E-state index in [9.17, 15) is 4.79 Å². The van der Waals surface area contributed by atoms with Crippen molar-refractivity contribution in [3.05, 3.63) is 50.4 Å². The molecular weight excluding hydrogens is 435 g/mol. The molecule has 2 aromatic carbocycles. The van der Waals surface area contributed by atoms with E-state index < -0.39 is 5.91 Å². The van der Waals surface area contributed by atoms with Gasteiger partial charge < -0.3 is 14.2 Å². The number of amides is 1. The van der Waals surface area contributed by atoms with Gasteiger partial charge in [-0.15, -0.1) is 0 Å². The van der Waals surface area contributed by atoms with Crippen molar-refractivity contribution in [1.29, 1.82) is 0 Å². The molecule has 0 aromatic heterocycles. The molecule has 0 spiro atoms. The van der Waals surface area contributed by atoms with Crippen LogP contribution in [0.4, 0.5) is 0 Å². The van der Waals surface area contributed by atoms with Gasteiger partial charge in [0.1, 0.15) is 5.75 Å². The Morgan fingerprint density at radius 1 is 1.28 bits per heavy atom. The van der Waals surface area contributed by atoms with Gasteiger partial charge in [0.25, 0.3) is 5.91 Å². The third-order valence-electron chi connectivity index (χ3n) is 3.14. The van der Waals surface area contributed by atoms with Crippen LogP contribution in [0.2, 0.25) is 10.0 Å². The SMILES string of the molecule is O=C(COc1ccc(Cl)cc1Br)NN=Cc1cc2c(cc1Cl)OCO2. The van der Waals surface area contributed by atoms with Crippen molar-refractivity contribution < 1.29 is 19.0 Å². The summed E-state index contributed by atoms with van der Waals surface area (Å²) in [6.45, 7) is -0.0486. The Morgan fingerprint density at radius 2 is 2.04 bits per heavy atom. The summed E-state index contributed by atoms with van der Waals surface area (Å²) < 4.78 is 16.5. The second-order valence-corrected chi connectivity index (χ2v) is 6.58. The summed E-state index contributed by atoms with van der Waals surface area (Å²) in [4.78, 5) is 11.8. The molecule has 0 saturated carbocycles. The molecule has 0 aliphatic carbocycles. The van der Waals surface area contributed by atoms with Gasteiger partial charge in [0.2, 0.25) is 6.79 Å². The zero-order valence-electron chi connectivity index (χ0n) is 12.6. The van der Waals surface area contributed by atoms with Crippen LogP contribution >= 0.6 is 39.1 Å². The number of ether oxygens (including phenoxy) is 3. The molecule has 6 nitrogen and oxygen atoms in total. The van der Waals surface area contributed by atoms with Gasteiger partial charge in [0, 0.05) is 16.7 Å². The Kier molecular flexibility index (Phi) is 5.67. The molecule has 0 unspecified atom stereocenters. The smallest absolute Gasteiger partial charge is 0.277 e. The predicted octanol–water partition coefficient (Wildman–Crippen LogP) is 4.01. The second-order valence-electron chi connectivity index (χ2n) is 4.88. The van der Waals surface area contributed by atoms with Crippen molar-refractivity contribution >= 4 is 51.3 Å². The van der Waals surface area contributed by atoms with E-state index in [1.165, 1.54) is 6.21 Å². The summed E-state index contributed by atoms with van der Waals surface area (Å²) in [6, 6.07) is 8.32. The minimum atomic E-state index is -0.421. The number of carbonyl (C=O) groups is 1. The molecule has 0 fully saturated rings. The molecule has 1 N–H and O–H groups in total. The van der Waals surface area contributed by atoms with Crippen molar-refractivity contribution in [3.8, 4) is 17.2 Å². The van der Waals surface area contributed by atoms with Crippen LogP contribution in [0.15, 0.2) is 39.9 Å². The number of hydrogen-bond donors (Lipinski definition) is 1. The molecule has 1 heterocycles. The number of nitrogens with zero attached hydrogens (tertiary/aromatic N) is 1. The first kappa shape index (κ1) is 17.8. The third kappa shape index (κ3) is 4.56. The van der Waals surface area contributed by atoms with Crippen LogP contribution in [0.5, 0.6) is 17.2 Å². The van der Waals surface area contributed by atoms with E-state index in [1.54, 1.807) is 30.3 Å². The van der Waals surface area contributed by atoms with E-state index in [2.05, 4.69) is 26.5 Å². The first-order valence-corrected chi connectivity index (χ1v) is 8.57. The summed E-state index contributed by atoms with van der Waals surface area (Å²) in [5, 5.41) is 4.86. The molecule has 1 aliphatic heterocycles. The highest BCUT2D eigenvalue weighted by Crippen LogP contribution is 2.36. The topological polar surface area (TPSA) is 69.2 Å². The summed E-state index contributed by atoms with van der Waals surface area (Å²) in [6.07, 6.45) is 1.42. The molecule has 0 atom stereocenters. The average Bonchev–Trinajstić information content (AvgIpc) is 3.01. The maximum atomic E-state index is 11.8. The Hall–Kier alpha value is -1.96. The number of rotatable bonds is 5. The van der Waals surface area contributed by atoms with E-state index in [4.69, 9.17) is 37.4 Å². The van der Waals surface area contributed by atoms with Gasteiger partial charge in [-0.25, -0.2) is 5.43 Å². The minimum absolute atomic E-state index is 0.153. The van der Waals surface area contributed by atoms with Crippen LogP contribution in [0, 0.1) is 0 Å². The molecule has 25 heavy (non-hydrogen) atoms. The molecule has 2 aromatic rings. The number of carbonyl (C=O) groups excluding carboxylic acids is 1. The number of fused-ring (bicyclic) bond motifs is 1. The predicted molar refractivity (Wildman–Crippen MR) is 98.0 cm³/mol. The normalized spacial score (nSPS) is 12.4. The fourth-order valence-electron chi connectivity index (χ4n) is 1.97. The monoisotopic (exact) mass is 444 g/mol. The van der Waals surface area contributed by atoms with Crippen LogP contribution in [0.25, 0.3) is 0 Å². The highest BCUT2D eigenvalue weighted by molar-refractivity contribution is 9.10. The lowest BCUT2D eigenvalue weighted by Gasteiger charge is -2.07. The first-order chi connectivity index (χ1) is 12.0. The van der Waals surface area contributed by atoms with Gasteiger partial charge >= 0.3 is 0 Å². The van der Waals surface area contributed by atoms with Crippen molar-refractivity contribution in [1.82, 2.24) is 5.43 Å². The maximum absolute atomic E-state index is 11.8. The lowest BCUT2D eigenvalue weighted by atomic mass is 10.2. The standard InChI is InChI=1S/C16H11BrCl2N2O4/c17-11-4-10(18)1-2-13(11)23-7-16(22)21-20-6-9-3-14-15(5-12(9)19)25-8-24-14/h1-6H,7-8H2,(H,21,22). The lowest BCUT2D eigenvalue weighted by molar-refractivity contribution is -0.123. The Balaban J connectivity index is 1.54. The maximum Gasteiger partial charge on any atom is 0.277 e. The molecule has 0 saturated heterocycles. The highest BCUT2D eigenvalue weighted by Gasteiger charge is 2.15. The zero-order chi connectivity index (χ0) is 17.8. The third-order valence-corrected chi connectivity index (χ3v) is 4.32. The summed E-state index contributed by atoms with van der Waals surface area (Å²) >= 11 is 15.3. The lowest BCUT2D eigenvalue weighted by Crippen LogP contribution is -2.24. The van der Waals surface area contributed by atoms with Crippen LogP contribution in [0.3, 0.4) is 0 Å². The fourth-order valence-corrected chi connectivity index (χ4v) is 2.97. The summed E-state index contributed by atoms with van der Waals surface area (Å²) in [5.41, 5.74) is 2.95. The Labute approximate surface area is 161 Å². The first-order valence-electron chi connectivity index (χ1n) is 7.02. The number of hydrogen-bond acceptors (Lipinski definition) is 5. The van der Waals surface area contributed by atoms with Gasteiger partial charge in [-0.1, -0.05) is 23.2 Å². The Morgan fingerprint density at radius 3 is 2.80 bits per heavy atom. The highest BCUT2D eigenvalue weighted by atomic mass is 79.9. The largest absolute Gasteiger partial charge is 0.483 e. The minimum Gasteiger partial charge on any atom is -0.483 e. The van der Waals surface area contributed by atoms with E-state index in [1.807, 2.05) is 0 Å². The summed E-state index contributed by atoms with van der Waals surface area (Å²) in [7, 11) is 0. The molecule has 0 bridgehead atoms. The van der Waals surface area contributed by atoms with E-state index in [-0.39, 0.29) is 13.4 Å². The average molecular weight is 446 g/mol. The molecular formula is C16H11BrCl2N2O4. The number of hydrazone groups is 1. The molecule has 1 aliphatic rings. The molecule has 130 valence electrons. The number of halogens is 3. The molecule has 0 radical (unpaired) electrons. The van der Waals surface area contributed by atoms with E-state index in [0.717, 1.165) is 0 Å². The van der Waals surface area contributed by atoms with Gasteiger partial charge in [-0.3, -0.25) is 4.79 Å². The number of nitrogens with one attached hydrogen (secondary N) is 1. The fraction of sp³-hybridized carbons (Fsp3) is 0.125. The molecule has 3 rings (SSSR count). The van der Waals surface area contributed by atoms with E-state index >= 15 is 0 Å². The van der Waals surface area contributed by atoms with Crippen LogP contribution in [0.1, 0.15) is 5.56 Å². The zero-order valence-corrected chi connectivity index (χ0v) is 15.7. The van der Waals surface area contributed by atoms with Crippen LogP contribution in [-0.4, -0.2) is 25.5 Å². The van der Waals surface area contributed by atoms with E-state index in [0.29, 0.717) is 37.3 Å². The second kappa shape index (κ2) is 7.95. The van der Waals surface area contributed by atoms with Crippen LogP contribution in [-0.2, 0) is 4.79 Å². The number of benzene rings is 2. The quantitative estimate of drug-likeness (QED) is 0.557. The van der Waals surface area contributed by atoms with Gasteiger partial charge in [-0.05, 0) is 40.2 Å². The van der Waals surface area contributed by atoms with Gasteiger partial charge in [0.05, 0.1) is 15.7 Å². The summed E-state index contributed by atoms with van der Waals surface area (Å²) in [5.74, 6) is 1.23. The van der Waals surface area contributed by atoms with Crippen molar-refractivity contribution in [3.63, 3.8) is 0 Å². The molecule has 1 amide bonds. The molecule has 9 heteroatoms. The van der Waals surface area contributed by atoms with Crippen LogP contribution < -0.4 is 19.6 Å². The van der Waals surface area contributed by atoms with Crippen molar-refractivity contribution in [2.45, 2.75) is 0 Å².